The van der Waals surface area contributed by atoms with Crippen LogP contribution in [0.15, 0.2) is 35.6 Å². The van der Waals surface area contributed by atoms with Gasteiger partial charge in [-0.2, -0.15) is 0 Å². The topological polar surface area (TPSA) is 38.7 Å². The molecule has 5 heteroatoms. The molecule has 0 N–H and O–H groups in total. The molecular formula is C14H13N3S2. The van der Waals surface area contributed by atoms with Crippen LogP contribution in [0.3, 0.4) is 0 Å². The van der Waals surface area contributed by atoms with Gasteiger partial charge in [0.05, 0.1) is 0 Å². The van der Waals surface area contributed by atoms with Crippen LogP contribution in [0.2, 0.25) is 0 Å². The van der Waals surface area contributed by atoms with Crippen LogP contribution in [-0.2, 0) is 0 Å². The van der Waals surface area contributed by atoms with Crippen molar-refractivity contribution in [3.8, 4) is 10.6 Å². The number of hydrogen-bond donors (Lipinski definition) is 0. The Morgan fingerprint density at radius 3 is 3.05 bits per heavy atom. The third-order valence-corrected chi connectivity index (χ3v) is 4.66. The molecule has 19 heavy (non-hydrogen) atoms. The molecule has 3 aromatic rings. The van der Waals surface area contributed by atoms with Gasteiger partial charge in [0.15, 0.2) is 0 Å². The number of pyridine rings is 2. The summed E-state index contributed by atoms with van der Waals surface area (Å²) in [5.74, 6) is 1.04. The first-order valence-corrected chi connectivity index (χ1v) is 7.88. The zero-order valence-corrected chi connectivity index (χ0v) is 12.4. The molecule has 0 unspecified atom stereocenters. The minimum Gasteiger partial charge on any atom is -0.264 e. The predicted molar refractivity (Wildman–Crippen MR) is 81.8 cm³/mol. The number of hydrogen-bond acceptors (Lipinski definition) is 5. The predicted octanol–water partition coefficient (Wildman–Crippen LogP) is 4.17. The zero-order chi connectivity index (χ0) is 13.2. The van der Waals surface area contributed by atoms with E-state index in [-0.39, 0.29) is 0 Å². The third kappa shape index (κ3) is 2.48. The first-order valence-electron chi connectivity index (χ1n) is 6.08. The second-order valence-electron chi connectivity index (χ2n) is 4.16. The lowest BCUT2D eigenvalue weighted by molar-refractivity contribution is 1.25. The molecule has 3 nitrogen and oxygen atoms in total. The minimum atomic E-state index is 0.969. The number of rotatable bonds is 3. The summed E-state index contributed by atoms with van der Waals surface area (Å²) >= 11 is 3.44. The lowest BCUT2D eigenvalue weighted by atomic mass is 10.3. The van der Waals surface area contributed by atoms with Crippen LogP contribution in [0.5, 0.6) is 0 Å². The van der Waals surface area contributed by atoms with Gasteiger partial charge in [-0.05, 0) is 30.4 Å². The molecule has 0 aromatic carbocycles. The van der Waals surface area contributed by atoms with Gasteiger partial charge in [0.1, 0.15) is 15.4 Å². The molecule has 0 amide bonds. The lowest BCUT2D eigenvalue weighted by Crippen LogP contribution is -1.84. The Balaban J connectivity index is 2.13. The zero-order valence-electron chi connectivity index (χ0n) is 10.8. The molecule has 96 valence electrons. The normalized spacial score (nSPS) is 11.1. The molecule has 3 aromatic heterocycles. The summed E-state index contributed by atoms with van der Waals surface area (Å²) in [5, 5.41) is 0.997. The summed E-state index contributed by atoms with van der Waals surface area (Å²) in [7, 11) is 0. The quantitative estimate of drug-likeness (QED) is 0.678. The van der Waals surface area contributed by atoms with Crippen molar-refractivity contribution in [2.75, 3.05) is 5.75 Å². The van der Waals surface area contributed by atoms with Crippen LogP contribution in [-0.4, -0.2) is 20.7 Å². The summed E-state index contributed by atoms with van der Waals surface area (Å²) < 4.78 is 0. The number of aromatic nitrogens is 3. The van der Waals surface area contributed by atoms with Crippen molar-refractivity contribution >= 4 is 33.4 Å². The van der Waals surface area contributed by atoms with Gasteiger partial charge in [0, 0.05) is 29.0 Å². The Hall–Kier alpha value is -1.46. The molecule has 3 heterocycles. The van der Waals surface area contributed by atoms with Crippen molar-refractivity contribution in [2.45, 2.75) is 18.7 Å². The maximum atomic E-state index is 4.69. The van der Waals surface area contributed by atoms with Crippen LogP contribution < -0.4 is 0 Å². The largest absolute Gasteiger partial charge is 0.264 e. The average molecular weight is 287 g/mol. The van der Waals surface area contributed by atoms with E-state index >= 15 is 0 Å². The monoisotopic (exact) mass is 287 g/mol. The summed E-state index contributed by atoms with van der Waals surface area (Å²) in [6.07, 6.45) is 5.61. The van der Waals surface area contributed by atoms with Gasteiger partial charge in [-0.25, -0.2) is 9.97 Å². The number of fused-ring (bicyclic) bond motifs is 1. The van der Waals surface area contributed by atoms with Crippen molar-refractivity contribution in [3.63, 3.8) is 0 Å². The van der Waals surface area contributed by atoms with E-state index in [0.717, 1.165) is 32.2 Å². The molecule has 0 radical (unpaired) electrons. The van der Waals surface area contributed by atoms with E-state index < -0.39 is 0 Å². The molecule has 0 saturated carbocycles. The van der Waals surface area contributed by atoms with Gasteiger partial charge in [-0.1, -0.05) is 18.3 Å². The maximum absolute atomic E-state index is 4.69. The van der Waals surface area contributed by atoms with E-state index in [2.05, 4.69) is 27.9 Å². The van der Waals surface area contributed by atoms with Crippen molar-refractivity contribution in [1.29, 1.82) is 0 Å². The highest BCUT2D eigenvalue weighted by Crippen LogP contribution is 2.34. The van der Waals surface area contributed by atoms with Crippen LogP contribution in [0.4, 0.5) is 0 Å². The molecular weight excluding hydrogens is 274 g/mol. The van der Waals surface area contributed by atoms with Gasteiger partial charge in [0.2, 0.25) is 0 Å². The molecule has 0 spiro atoms. The van der Waals surface area contributed by atoms with E-state index in [9.17, 15) is 0 Å². The highest BCUT2D eigenvalue weighted by Gasteiger charge is 2.11. The van der Waals surface area contributed by atoms with Crippen molar-refractivity contribution in [3.05, 3.63) is 36.3 Å². The third-order valence-electron chi connectivity index (χ3n) is 2.70. The second-order valence-corrected chi connectivity index (χ2v) is 6.44. The van der Waals surface area contributed by atoms with Crippen LogP contribution >= 0.6 is 23.1 Å². The molecule has 0 bridgehead atoms. The Morgan fingerprint density at radius 1 is 1.32 bits per heavy atom. The van der Waals surface area contributed by atoms with Gasteiger partial charge >= 0.3 is 0 Å². The van der Waals surface area contributed by atoms with Gasteiger partial charge in [0.25, 0.3) is 0 Å². The first kappa shape index (κ1) is 12.6. The fourth-order valence-electron chi connectivity index (χ4n) is 1.86. The smallest absolute Gasteiger partial charge is 0.143 e. The minimum absolute atomic E-state index is 0.969. The average Bonchev–Trinajstić information content (AvgIpc) is 2.82. The molecule has 0 saturated heterocycles. The molecule has 0 aliphatic rings. The maximum Gasteiger partial charge on any atom is 0.143 e. The fraction of sp³-hybridized carbons (Fsp3) is 0.214. The van der Waals surface area contributed by atoms with Crippen molar-refractivity contribution < 1.29 is 0 Å². The van der Waals surface area contributed by atoms with Crippen LogP contribution in [0.25, 0.3) is 20.9 Å². The molecule has 0 aliphatic carbocycles. The summed E-state index contributed by atoms with van der Waals surface area (Å²) in [6.45, 7) is 4.19. The Kier molecular flexibility index (Phi) is 3.48. The number of nitrogens with zero attached hydrogens (tertiary/aromatic N) is 3. The van der Waals surface area contributed by atoms with E-state index in [4.69, 9.17) is 0 Å². The summed E-state index contributed by atoms with van der Waals surface area (Å²) in [6, 6.07) is 4.12. The Bertz CT molecular complexity index is 722. The van der Waals surface area contributed by atoms with Gasteiger partial charge in [-0.15, -0.1) is 11.8 Å². The Morgan fingerprint density at radius 2 is 2.21 bits per heavy atom. The molecule has 0 fully saturated rings. The van der Waals surface area contributed by atoms with E-state index in [1.54, 1.807) is 11.3 Å². The molecule has 3 rings (SSSR count). The van der Waals surface area contributed by atoms with Crippen LogP contribution in [0, 0.1) is 6.92 Å². The Labute approximate surface area is 120 Å². The van der Waals surface area contributed by atoms with Gasteiger partial charge < -0.3 is 0 Å². The van der Waals surface area contributed by atoms with E-state index in [1.807, 2.05) is 43.3 Å². The van der Waals surface area contributed by atoms with E-state index in [1.165, 1.54) is 4.90 Å². The van der Waals surface area contributed by atoms with Crippen LogP contribution in [0.1, 0.15) is 12.5 Å². The summed E-state index contributed by atoms with van der Waals surface area (Å²) in [4.78, 5) is 15.6. The highest BCUT2D eigenvalue weighted by molar-refractivity contribution is 7.99. The standard InChI is InChI=1S/C14H13N3S2/c1-3-18-12-4-5-15-8-10(12)13-17-11-6-9(2)7-16-14(11)19-13/h4-8H,3H2,1-2H3. The van der Waals surface area contributed by atoms with E-state index in [0.29, 0.717) is 0 Å². The molecule has 0 atom stereocenters. The number of thiazole rings is 1. The highest BCUT2D eigenvalue weighted by atomic mass is 32.2. The fourth-order valence-corrected chi connectivity index (χ4v) is 3.61. The number of thioether (sulfide) groups is 1. The lowest BCUT2D eigenvalue weighted by Gasteiger charge is -2.03. The number of aryl methyl sites for hydroxylation is 1. The second kappa shape index (κ2) is 5.27. The first-order chi connectivity index (χ1) is 9.28. The molecule has 0 aliphatic heterocycles. The van der Waals surface area contributed by atoms with Gasteiger partial charge in [-0.3, -0.25) is 4.98 Å². The van der Waals surface area contributed by atoms with Crippen molar-refractivity contribution in [2.24, 2.45) is 0 Å². The summed E-state index contributed by atoms with van der Waals surface area (Å²) in [5.41, 5.74) is 3.21. The SMILES string of the molecule is CCSc1ccncc1-c1nc2cc(C)cnc2s1. The van der Waals surface area contributed by atoms with Crippen molar-refractivity contribution in [1.82, 2.24) is 15.0 Å².